The molecule has 136 valence electrons. The van der Waals surface area contributed by atoms with Gasteiger partial charge in [-0.15, -0.1) is 0 Å². The summed E-state index contributed by atoms with van der Waals surface area (Å²) >= 11 is 3.43. The van der Waals surface area contributed by atoms with Crippen molar-refractivity contribution in [2.45, 2.75) is 45.8 Å². The predicted octanol–water partition coefficient (Wildman–Crippen LogP) is 5.03. The van der Waals surface area contributed by atoms with Crippen LogP contribution in [-0.2, 0) is 14.0 Å². The zero-order chi connectivity index (χ0) is 18.4. The maximum atomic E-state index is 11.1. The SMILES string of the molecule is CC(=O)OC[C@@H](COc1cccc(Br)c1)CO[Si](C)(C)C(C)(C)C. The lowest BCUT2D eigenvalue weighted by atomic mass is 10.2. The monoisotopic (exact) mass is 416 g/mol. The van der Waals surface area contributed by atoms with Gasteiger partial charge >= 0.3 is 5.97 Å². The van der Waals surface area contributed by atoms with Gasteiger partial charge in [0.05, 0.1) is 13.2 Å². The molecule has 6 heteroatoms. The fourth-order valence-electron chi connectivity index (χ4n) is 1.69. The predicted molar refractivity (Wildman–Crippen MR) is 103 cm³/mol. The molecule has 1 aromatic rings. The summed E-state index contributed by atoms with van der Waals surface area (Å²) in [6.45, 7) is 13.7. The van der Waals surface area contributed by atoms with Crippen LogP contribution in [0.5, 0.6) is 5.75 Å². The standard InChI is InChI=1S/C18H29BrO4Si/c1-14(20)21-11-15(13-23-24(5,6)18(2,3)4)12-22-17-9-7-8-16(19)10-17/h7-10,15H,11-13H2,1-6H3/t15-/m0/s1. The van der Waals surface area contributed by atoms with Crippen molar-refractivity contribution in [3.63, 3.8) is 0 Å². The van der Waals surface area contributed by atoms with Gasteiger partial charge in [-0.25, -0.2) is 0 Å². The van der Waals surface area contributed by atoms with Gasteiger partial charge in [0.2, 0.25) is 0 Å². The van der Waals surface area contributed by atoms with Crippen LogP contribution < -0.4 is 4.74 Å². The van der Waals surface area contributed by atoms with Crippen molar-refractivity contribution in [1.29, 1.82) is 0 Å². The fourth-order valence-corrected chi connectivity index (χ4v) is 3.16. The van der Waals surface area contributed by atoms with Gasteiger partial charge in [-0.1, -0.05) is 42.8 Å². The normalized spacial score (nSPS) is 13.5. The number of carbonyl (C=O) groups excluding carboxylic acids is 1. The molecular formula is C18H29BrO4Si. The van der Waals surface area contributed by atoms with E-state index in [1.54, 1.807) is 0 Å². The first kappa shape index (κ1) is 21.2. The van der Waals surface area contributed by atoms with Crippen LogP contribution in [0.15, 0.2) is 28.7 Å². The summed E-state index contributed by atoms with van der Waals surface area (Å²) in [7, 11) is -1.84. The zero-order valence-corrected chi connectivity index (χ0v) is 18.1. The fraction of sp³-hybridized carbons (Fsp3) is 0.611. The zero-order valence-electron chi connectivity index (χ0n) is 15.5. The van der Waals surface area contributed by atoms with Crippen LogP contribution in [0.3, 0.4) is 0 Å². The second kappa shape index (κ2) is 9.01. The number of hydrogen-bond donors (Lipinski definition) is 0. The third-order valence-electron chi connectivity index (χ3n) is 4.29. The molecule has 0 aromatic heterocycles. The third-order valence-corrected chi connectivity index (χ3v) is 9.28. The van der Waals surface area contributed by atoms with E-state index in [0.29, 0.717) is 19.8 Å². The van der Waals surface area contributed by atoms with E-state index in [1.807, 2.05) is 24.3 Å². The molecule has 24 heavy (non-hydrogen) atoms. The molecule has 0 fully saturated rings. The van der Waals surface area contributed by atoms with Crippen LogP contribution in [0.2, 0.25) is 18.1 Å². The van der Waals surface area contributed by atoms with Crippen molar-refractivity contribution >= 4 is 30.2 Å². The molecule has 0 radical (unpaired) electrons. The Balaban J connectivity index is 2.64. The Hall–Kier alpha value is -0.853. The van der Waals surface area contributed by atoms with E-state index in [1.165, 1.54) is 6.92 Å². The molecule has 0 aliphatic heterocycles. The highest BCUT2D eigenvalue weighted by molar-refractivity contribution is 9.10. The summed E-state index contributed by atoms with van der Waals surface area (Å²) < 4.78 is 18.2. The average Bonchev–Trinajstić information content (AvgIpc) is 2.45. The first-order valence-electron chi connectivity index (χ1n) is 8.17. The topological polar surface area (TPSA) is 44.8 Å². The Morgan fingerprint density at radius 2 is 1.88 bits per heavy atom. The molecule has 0 bridgehead atoms. The van der Waals surface area contributed by atoms with Gasteiger partial charge in [0.15, 0.2) is 8.32 Å². The van der Waals surface area contributed by atoms with Crippen LogP contribution >= 0.6 is 15.9 Å². The Kier molecular flexibility index (Phi) is 7.96. The number of rotatable bonds is 8. The molecular weight excluding hydrogens is 388 g/mol. The highest BCUT2D eigenvalue weighted by Crippen LogP contribution is 2.36. The Bertz CT molecular complexity index is 540. The van der Waals surface area contributed by atoms with Crippen molar-refractivity contribution in [1.82, 2.24) is 0 Å². The first-order chi connectivity index (χ1) is 11.0. The van der Waals surface area contributed by atoms with Crippen molar-refractivity contribution < 1.29 is 18.7 Å². The van der Waals surface area contributed by atoms with Gasteiger partial charge in [0.1, 0.15) is 5.75 Å². The molecule has 0 unspecified atom stereocenters. The molecule has 0 spiro atoms. The van der Waals surface area contributed by atoms with E-state index in [0.717, 1.165) is 10.2 Å². The Labute approximate surface area is 155 Å². The lowest BCUT2D eigenvalue weighted by Crippen LogP contribution is -2.43. The van der Waals surface area contributed by atoms with Crippen LogP contribution in [0.25, 0.3) is 0 Å². The smallest absolute Gasteiger partial charge is 0.302 e. The maximum absolute atomic E-state index is 11.1. The molecule has 1 atom stereocenters. The summed E-state index contributed by atoms with van der Waals surface area (Å²) in [5.74, 6) is 0.501. The summed E-state index contributed by atoms with van der Waals surface area (Å²) in [6.07, 6.45) is 0. The molecule has 0 N–H and O–H groups in total. The van der Waals surface area contributed by atoms with E-state index < -0.39 is 8.32 Å². The molecule has 0 saturated carbocycles. The largest absolute Gasteiger partial charge is 0.493 e. The van der Waals surface area contributed by atoms with Crippen LogP contribution in [0, 0.1) is 5.92 Å². The van der Waals surface area contributed by atoms with Gasteiger partial charge in [0.25, 0.3) is 0 Å². The summed E-state index contributed by atoms with van der Waals surface area (Å²) in [5, 5.41) is 0.143. The molecule has 0 aliphatic rings. The highest BCUT2D eigenvalue weighted by atomic mass is 79.9. The minimum Gasteiger partial charge on any atom is -0.493 e. The second-order valence-corrected chi connectivity index (χ2v) is 13.2. The molecule has 0 amide bonds. The number of carbonyl (C=O) groups is 1. The number of ether oxygens (including phenoxy) is 2. The second-order valence-electron chi connectivity index (χ2n) is 7.51. The van der Waals surface area contributed by atoms with Crippen LogP contribution in [0.4, 0.5) is 0 Å². The Morgan fingerprint density at radius 1 is 1.21 bits per heavy atom. The summed E-state index contributed by atoms with van der Waals surface area (Å²) in [4.78, 5) is 11.1. The maximum Gasteiger partial charge on any atom is 0.302 e. The van der Waals surface area contributed by atoms with Crippen molar-refractivity contribution in [3.8, 4) is 5.75 Å². The van der Waals surface area contributed by atoms with Crippen LogP contribution in [0.1, 0.15) is 27.7 Å². The van der Waals surface area contributed by atoms with E-state index in [-0.39, 0.29) is 16.9 Å². The minimum absolute atomic E-state index is 0.00186. The number of benzene rings is 1. The molecule has 0 aliphatic carbocycles. The molecule has 0 heterocycles. The van der Waals surface area contributed by atoms with E-state index in [4.69, 9.17) is 13.9 Å². The van der Waals surface area contributed by atoms with Gasteiger partial charge in [-0.2, -0.15) is 0 Å². The van der Waals surface area contributed by atoms with Gasteiger partial charge in [-0.05, 0) is 36.3 Å². The Morgan fingerprint density at radius 3 is 2.42 bits per heavy atom. The van der Waals surface area contributed by atoms with Gasteiger partial charge in [-0.3, -0.25) is 4.79 Å². The molecule has 0 saturated heterocycles. The van der Waals surface area contributed by atoms with Crippen molar-refractivity contribution in [3.05, 3.63) is 28.7 Å². The lowest BCUT2D eigenvalue weighted by Gasteiger charge is -2.37. The average molecular weight is 417 g/mol. The van der Waals surface area contributed by atoms with Crippen molar-refractivity contribution in [2.24, 2.45) is 5.92 Å². The van der Waals surface area contributed by atoms with E-state index in [9.17, 15) is 4.79 Å². The van der Waals surface area contributed by atoms with Gasteiger partial charge in [0, 0.05) is 23.9 Å². The van der Waals surface area contributed by atoms with Crippen LogP contribution in [-0.4, -0.2) is 34.1 Å². The lowest BCUT2D eigenvalue weighted by molar-refractivity contribution is -0.143. The van der Waals surface area contributed by atoms with E-state index >= 15 is 0 Å². The first-order valence-corrected chi connectivity index (χ1v) is 11.9. The third kappa shape index (κ3) is 7.36. The summed E-state index contributed by atoms with van der Waals surface area (Å²) in [5.41, 5.74) is 0. The molecule has 4 nitrogen and oxygen atoms in total. The number of esters is 1. The molecule has 1 rings (SSSR count). The summed E-state index contributed by atoms with van der Waals surface area (Å²) in [6, 6.07) is 7.69. The number of hydrogen-bond acceptors (Lipinski definition) is 4. The van der Waals surface area contributed by atoms with Gasteiger partial charge < -0.3 is 13.9 Å². The van der Waals surface area contributed by atoms with Crippen molar-refractivity contribution in [2.75, 3.05) is 19.8 Å². The minimum atomic E-state index is -1.84. The number of halogens is 1. The molecule has 1 aromatic carbocycles. The highest BCUT2D eigenvalue weighted by Gasteiger charge is 2.37. The quantitative estimate of drug-likeness (QED) is 0.440. The van der Waals surface area contributed by atoms with E-state index in [2.05, 4.69) is 49.8 Å².